The van der Waals surface area contributed by atoms with E-state index in [4.69, 9.17) is 4.43 Å². The number of aromatic nitrogens is 1. The Morgan fingerprint density at radius 1 is 1.12 bits per heavy atom. The second kappa shape index (κ2) is 9.51. The van der Waals surface area contributed by atoms with Crippen molar-refractivity contribution in [3.8, 4) is 5.75 Å². The summed E-state index contributed by atoms with van der Waals surface area (Å²) < 4.78 is 7.58. The minimum Gasteiger partial charge on any atom is -0.508 e. The van der Waals surface area contributed by atoms with Gasteiger partial charge in [0.15, 0.2) is 0 Å². The summed E-state index contributed by atoms with van der Waals surface area (Å²) in [5.41, 5.74) is 3.64. The number of hydrogen-bond acceptors (Lipinski definition) is 4. The number of rotatable bonds is 8. The molecule has 1 N–H and O–H groups in total. The number of benzene rings is 1. The van der Waals surface area contributed by atoms with Gasteiger partial charge in [-0.3, -0.25) is 9.88 Å². The van der Waals surface area contributed by atoms with Crippen molar-refractivity contribution in [2.75, 3.05) is 13.1 Å². The molecule has 4 heterocycles. The van der Waals surface area contributed by atoms with E-state index in [1.54, 1.807) is 6.07 Å². The van der Waals surface area contributed by atoms with E-state index >= 15 is 0 Å². The summed E-state index contributed by atoms with van der Waals surface area (Å²) in [5.74, 6) is 1.54. The van der Waals surface area contributed by atoms with Crippen LogP contribution in [0.4, 0.5) is 0 Å². The highest BCUT2D eigenvalue weighted by Crippen LogP contribution is 2.50. The summed E-state index contributed by atoms with van der Waals surface area (Å²) in [5, 5.41) is 11.4. The van der Waals surface area contributed by atoms with Crippen molar-refractivity contribution in [1.29, 1.82) is 0 Å². The zero-order chi connectivity index (χ0) is 23.9. The molecular formula is C28H42N2O2Si. The summed E-state index contributed by atoms with van der Waals surface area (Å²) in [6.45, 7) is 20.5. The Bertz CT molecular complexity index is 967. The summed E-state index contributed by atoms with van der Waals surface area (Å²) >= 11 is 0. The predicted octanol–water partition coefficient (Wildman–Crippen LogP) is 7.07. The maximum absolute atomic E-state index is 10.3. The van der Waals surface area contributed by atoms with Crippen LogP contribution < -0.4 is 0 Å². The third-order valence-corrected chi connectivity index (χ3v) is 14.7. The van der Waals surface area contributed by atoms with Gasteiger partial charge < -0.3 is 9.53 Å². The molecule has 5 rings (SSSR count). The van der Waals surface area contributed by atoms with Crippen molar-refractivity contribution >= 4 is 19.2 Å². The minimum atomic E-state index is -2.14. The first kappa shape index (κ1) is 24.4. The van der Waals surface area contributed by atoms with Gasteiger partial charge in [-0.15, -0.1) is 6.58 Å². The van der Waals surface area contributed by atoms with Gasteiger partial charge in [-0.05, 0) is 77.7 Å². The molecule has 3 aliphatic heterocycles. The van der Waals surface area contributed by atoms with E-state index in [0.717, 1.165) is 30.4 Å². The van der Waals surface area contributed by atoms with Gasteiger partial charge in [-0.25, -0.2) is 0 Å². The molecule has 0 radical (unpaired) electrons. The molecule has 0 saturated carbocycles. The Morgan fingerprint density at radius 2 is 1.82 bits per heavy atom. The highest BCUT2D eigenvalue weighted by atomic mass is 28.4. The first-order valence-corrected chi connectivity index (χ1v) is 14.9. The zero-order valence-corrected chi connectivity index (χ0v) is 22.3. The highest BCUT2D eigenvalue weighted by Gasteiger charge is 2.50. The van der Waals surface area contributed by atoms with Gasteiger partial charge in [0, 0.05) is 24.2 Å². The lowest BCUT2D eigenvalue weighted by molar-refractivity contribution is -0.0409. The third kappa shape index (κ3) is 4.28. The van der Waals surface area contributed by atoms with E-state index in [-0.39, 0.29) is 11.9 Å². The van der Waals surface area contributed by atoms with Crippen LogP contribution in [0.25, 0.3) is 10.9 Å². The van der Waals surface area contributed by atoms with E-state index in [1.807, 2.05) is 18.3 Å². The quantitative estimate of drug-likeness (QED) is 0.334. The first-order chi connectivity index (χ1) is 15.7. The minimum absolute atomic E-state index is 0.0234. The van der Waals surface area contributed by atoms with Crippen LogP contribution in [-0.4, -0.2) is 42.4 Å². The van der Waals surface area contributed by atoms with Crippen molar-refractivity contribution in [1.82, 2.24) is 9.88 Å². The SMILES string of the molecule is C=CC1CN2CCC1CC2[C@@H](O[Si](C(C)C)(C(C)C)C(C)C)c1ccnc2ccc(O)cc12. The number of hydrogen-bond donors (Lipinski definition) is 1. The highest BCUT2D eigenvalue weighted by molar-refractivity contribution is 6.77. The maximum atomic E-state index is 10.3. The predicted molar refractivity (Wildman–Crippen MR) is 140 cm³/mol. The number of phenolic OH excluding ortho intramolecular Hbond substituents is 1. The molecule has 5 heteroatoms. The fraction of sp³-hybridized carbons (Fsp3) is 0.607. The van der Waals surface area contributed by atoms with Crippen molar-refractivity contribution < 1.29 is 9.53 Å². The molecule has 3 fully saturated rings. The van der Waals surface area contributed by atoms with E-state index in [9.17, 15) is 5.11 Å². The van der Waals surface area contributed by atoms with Crippen molar-refractivity contribution in [2.24, 2.45) is 11.8 Å². The fourth-order valence-corrected chi connectivity index (χ4v) is 12.6. The topological polar surface area (TPSA) is 45.6 Å². The Hall–Kier alpha value is -1.69. The Morgan fingerprint density at radius 3 is 2.39 bits per heavy atom. The molecule has 2 aromatic rings. The first-order valence-electron chi connectivity index (χ1n) is 12.8. The molecule has 33 heavy (non-hydrogen) atoms. The molecule has 0 aliphatic carbocycles. The summed E-state index contributed by atoms with van der Waals surface area (Å²) in [6.07, 6.45) is 6.45. The molecule has 180 valence electrons. The molecule has 3 saturated heterocycles. The number of phenols is 1. The number of piperidine rings is 3. The Labute approximate surface area is 201 Å². The molecule has 5 atom stereocenters. The molecule has 0 spiro atoms. The average molecular weight is 467 g/mol. The number of aromatic hydroxyl groups is 1. The fourth-order valence-electron chi connectivity index (χ4n) is 7.07. The van der Waals surface area contributed by atoms with Crippen LogP contribution in [0, 0.1) is 11.8 Å². The molecule has 1 aromatic heterocycles. The molecule has 1 aromatic carbocycles. The molecule has 2 bridgehead atoms. The smallest absolute Gasteiger partial charge is 0.201 e. The van der Waals surface area contributed by atoms with Crippen LogP contribution in [0.1, 0.15) is 66.1 Å². The van der Waals surface area contributed by atoms with Gasteiger partial charge in [-0.1, -0.05) is 47.6 Å². The monoisotopic (exact) mass is 466 g/mol. The number of fused-ring (bicyclic) bond motifs is 4. The molecule has 0 amide bonds. The lowest BCUT2D eigenvalue weighted by atomic mass is 9.73. The lowest BCUT2D eigenvalue weighted by Crippen LogP contribution is -2.58. The maximum Gasteiger partial charge on any atom is 0.201 e. The largest absolute Gasteiger partial charge is 0.508 e. The van der Waals surface area contributed by atoms with E-state index in [0.29, 0.717) is 34.5 Å². The van der Waals surface area contributed by atoms with Crippen LogP contribution in [0.3, 0.4) is 0 Å². The van der Waals surface area contributed by atoms with Crippen molar-refractivity contribution in [3.05, 3.63) is 48.7 Å². The van der Waals surface area contributed by atoms with Gasteiger partial charge in [0.2, 0.25) is 8.32 Å². The van der Waals surface area contributed by atoms with Crippen molar-refractivity contribution in [2.45, 2.75) is 83.2 Å². The Balaban J connectivity index is 1.86. The molecule has 3 aliphatic rings. The Kier molecular flexibility index (Phi) is 7.04. The standard InChI is InChI=1S/C28H42N2O2Si/c1-8-21-17-30-14-12-22(21)15-27(30)28(32-33(18(2)3,19(4)5)20(6)7)24-11-13-29-26-10-9-23(31)16-25(24)26/h8-11,13,16,18-22,27-28,31H,1,12,14-15,17H2,2-7H3/t21?,22?,27?,28-/m0/s1. The molecule has 4 nitrogen and oxygen atoms in total. The normalized spacial score (nSPS) is 26.5. The van der Waals surface area contributed by atoms with Crippen LogP contribution in [-0.2, 0) is 4.43 Å². The van der Waals surface area contributed by atoms with Crippen molar-refractivity contribution in [3.63, 3.8) is 0 Å². The van der Waals surface area contributed by atoms with E-state index < -0.39 is 8.32 Å². The second-order valence-corrected chi connectivity index (χ2v) is 16.6. The third-order valence-electron chi connectivity index (χ3n) is 8.61. The second-order valence-electron chi connectivity index (χ2n) is 11.2. The summed E-state index contributed by atoms with van der Waals surface area (Å²) in [6, 6.07) is 8.01. The van der Waals surface area contributed by atoms with Gasteiger partial charge in [0.05, 0.1) is 11.6 Å². The van der Waals surface area contributed by atoms with Gasteiger partial charge in [-0.2, -0.15) is 0 Å². The van der Waals surface area contributed by atoms with Gasteiger partial charge in [0.1, 0.15) is 5.75 Å². The van der Waals surface area contributed by atoms with Crippen LogP contribution >= 0.6 is 0 Å². The lowest BCUT2D eigenvalue weighted by Gasteiger charge is -2.54. The van der Waals surface area contributed by atoms with E-state index in [1.165, 1.54) is 12.0 Å². The van der Waals surface area contributed by atoms with Crippen LogP contribution in [0.15, 0.2) is 43.1 Å². The van der Waals surface area contributed by atoms with Gasteiger partial charge in [0.25, 0.3) is 0 Å². The van der Waals surface area contributed by atoms with E-state index in [2.05, 4.69) is 70.1 Å². The van der Waals surface area contributed by atoms with Crippen LogP contribution in [0.2, 0.25) is 16.6 Å². The van der Waals surface area contributed by atoms with Gasteiger partial charge >= 0.3 is 0 Å². The summed E-state index contributed by atoms with van der Waals surface area (Å²) in [4.78, 5) is 7.26. The summed E-state index contributed by atoms with van der Waals surface area (Å²) in [7, 11) is -2.14. The number of pyridine rings is 1. The molecular weight excluding hydrogens is 424 g/mol. The van der Waals surface area contributed by atoms with Crippen LogP contribution in [0.5, 0.6) is 5.75 Å². The average Bonchev–Trinajstić information content (AvgIpc) is 2.79. The number of nitrogens with zero attached hydrogens (tertiary/aromatic N) is 2. The molecule has 4 unspecified atom stereocenters. The zero-order valence-electron chi connectivity index (χ0n) is 21.3.